The smallest absolute Gasteiger partial charge is 0.276 e. The quantitative estimate of drug-likeness (QED) is 0.596. The first-order chi connectivity index (χ1) is 12.1. The Balaban J connectivity index is 1.79. The second kappa shape index (κ2) is 9.25. The highest BCUT2D eigenvalue weighted by Gasteiger charge is 2.06. The number of para-hydroxylation sites is 1. The van der Waals surface area contributed by atoms with Crippen molar-refractivity contribution < 1.29 is 14.3 Å². The lowest BCUT2D eigenvalue weighted by molar-refractivity contribution is -0.128. The molecular weight excluding hydrogens is 386 g/mol. The van der Waals surface area contributed by atoms with Crippen molar-refractivity contribution in [1.29, 1.82) is 5.26 Å². The second-order valence-corrected chi connectivity index (χ2v) is 5.64. The van der Waals surface area contributed by atoms with Crippen molar-refractivity contribution in [3.63, 3.8) is 0 Å². The number of halogens is 1. The number of benzene rings is 2. The van der Waals surface area contributed by atoms with E-state index in [0.29, 0.717) is 11.3 Å². The van der Waals surface area contributed by atoms with Gasteiger partial charge in [0.15, 0.2) is 6.61 Å². The van der Waals surface area contributed by atoms with Gasteiger partial charge in [0.25, 0.3) is 11.8 Å². The summed E-state index contributed by atoms with van der Waals surface area (Å²) in [5, 5.41) is 8.93. The number of ether oxygens (including phenoxy) is 1. The van der Waals surface area contributed by atoms with Crippen LogP contribution in [0.15, 0.2) is 59.1 Å². The van der Waals surface area contributed by atoms with E-state index >= 15 is 0 Å². The fourth-order valence-corrected chi connectivity index (χ4v) is 2.23. The Hall–Kier alpha value is -3.11. The number of nitrogens with zero attached hydrogens (tertiary/aromatic N) is 1. The number of hydrogen-bond donors (Lipinski definition) is 2. The van der Waals surface area contributed by atoms with Gasteiger partial charge < -0.3 is 4.74 Å². The standard InChI is InChI=1S/C18H14BrN3O3/c19-15-7-3-1-5-13(15)9-10-17(23)21-22-18(24)12-25-16-8-4-2-6-14(16)11-20/h1-10H,12H2,(H,21,23)(H,22,24)/b10-9+. The number of hydrogen-bond acceptors (Lipinski definition) is 4. The lowest BCUT2D eigenvalue weighted by atomic mass is 10.2. The van der Waals surface area contributed by atoms with Crippen LogP contribution in [0.5, 0.6) is 5.75 Å². The Bertz CT molecular complexity index is 843. The summed E-state index contributed by atoms with van der Waals surface area (Å²) in [6.07, 6.45) is 2.91. The zero-order chi connectivity index (χ0) is 18.1. The number of nitrogens with one attached hydrogen (secondary N) is 2. The molecule has 2 aromatic rings. The molecule has 0 radical (unpaired) electrons. The molecule has 0 unspecified atom stereocenters. The lowest BCUT2D eigenvalue weighted by Crippen LogP contribution is -2.43. The molecule has 0 bridgehead atoms. The normalized spacial score (nSPS) is 10.1. The zero-order valence-electron chi connectivity index (χ0n) is 13.0. The molecule has 0 aliphatic heterocycles. The molecule has 25 heavy (non-hydrogen) atoms. The number of amides is 2. The SMILES string of the molecule is N#Cc1ccccc1OCC(=O)NNC(=O)/C=C/c1ccccc1Br. The van der Waals surface area contributed by atoms with Crippen LogP contribution in [0.25, 0.3) is 6.08 Å². The largest absolute Gasteiger partial charge is 0.482 e. The van der Waals surface area contributed by atoms with Gasteiger partial charge in [-0.1, -0.05) is 46.3 Å². The monoisotopic (exact) mass is 399 g/mol. The molecule has 0 atom stereocenters. The van der Waals surface area contributed by atoms with Crippen LogP contribution in [0, 0.1) is 11.3 Å². The predicted octanol–water partition coefficient (Wildman–Crippen LogP) is 2.56. The molecule has 7 heteroatoms. The third kappa shape index (κ3) is 5.79. The van der Waals surface area contributed by atoms with Crippen molar-refractivity contribution in [2.75, 3.05) is 6.61 Å². The summed E-state index contributed by atoms with van der Waals surface area (Å²) in [5.74, 6) is -0.725. The van der Waals surface area contributed by atoms with E-state index in [9.17, 15) is 9.59 Å². The van der Waals surface area contributed by atoms with Crippen molar-refractivity contribution in [1.82, 2.24) is 10.9 Å². The molecule has 0 aliphatic carbocycles. The Kier molecular flexibility index (Phi) is 6.75. The highest BCUT2D eigenvalue weighted by atomic mass is 79.9. The minimum atomic E-state index is -0.546. The van der Waals surface area contributed by atoms with Gasteiger partial charge in [-0.3, -0.25) is 20.4 Å². The highest BCUT2D eigenvalue weighted by molar-refractivity contribution is 9.10. The molecule has 0 aliphatic rings. The summed E-state index contributed by atoms with van der Waals surface area (Å²) < 4.78 is 6.11. The van der Waals surface area contributed by atoms with E-state index < -0.39 is 11.8 Å². The molecule has 2 N–H and O–H groups in total. The summed E-state index contributed by atoms with van der Waals surface area (Å²) in [6.45, 7) is -0.326. The highest BCUT2D eigenvalue weighted by Crippen LogP contribution is 2.17. The fraction of sp³-hybridized carbons (Fsp3) is 0.0556. The first kappa shape index (κ1) is 18.2. The van der Waals surface area contributed by atoms with E-state index in [2.05, 4.69) is 26.8 Å². The van der Waals surface area contributed by atoms with Crippen molar-refractivity contribution in [2.24, 2.45) is 0 Å². The van der Waals surface area contributed by atoms with Gasteiger partial charge in [0.1, 0.15) is 11.8 Å². The van der Waals surface area contributed by atoms with E-state index in [0.717, 1.165) is 10.0 Å². The first-order valence-corrected chi connectivity index (χ1v) is 8.03. The first-order valence-electron chi connectivity index (χ1n) is 7.23. The zero-order valence-corrected chi connectivity index (χ0v) is 14.6. The number of carbonyl (C=O) groups is 2. The third-order valence-electron chi connectivity index (χ3n) is 3.01. The average Bonchev–Trinajstić information content (AvgIpc) is 2.64. The molecule has 0 spiro atoms. The van der Waals surface area contributed by atoms with Crippen LogP contribution in [-0.4, -0.2) is 18.4 Å². The lowest BCUT2D eigenvalue weighted by Gasteiger charge is -2.08. The summed E-state index contributed by atoms with van der Waals surface area (Å²) in [7, 11) is 0. The Morgan fingerprint density at radius 2 is 1.84 bits per heavy atom. The van der Waals surface area contributed by atoms with Gasteiger partial charge >= 0.3 is 0 Å². The van der Waals surface area contributed by atoms with Crippen LogP contribution in [0.4, 0.5) is 0 Å². The van der Waals surface area contributed by atoms with Gasteiger partial charge in [0.05, 0.1) is 5.56 Å². The molecule has 6 nitrogen and oxygen atoms in total. The number of hydrazine groups is 1. The summed E-state index contributed by atoms with van der Waals surface area (Å²) in [4.78, 5) is 23.4. The third-order valence-corrected chi connectivity index (χ3v) is 3.73. The minimum absolute atomic E-state index is 0.306. The topological polar surface area (TPSA) is 91.2 Å². The van der Waals surface area contributed by atoms with Crippen LogP contribution in [0.2, 0.25) is 0 Å². The van der Waals surface area contributed by atoms with Gasteiger partial charge in [-0.05, 0) is 29.8 Å². The maximum absolute atomic E-state index is 11.7. The Labute approximate surface area is 153 Å². The van der Waals surface area contributed by atoms with Gasteiger partial charge in [-0.25, -0.2) is 0 Å². The van der Waals surface area contributed by atoms with Gasteiger partial charge in [-0.15, -0.1) is 0 Å². The fourth-order valence-electron chi connectivity index (χ4n) is 1.81. The van der Waals surface area contributed by atoms with Crippen molar-refractivity contribution >= 4 is 33.8 Å². The molecule has 126 valence electrons. The van der Waals surface area contributed by atoms with Crippen molar-refractivity contribution in [3.8, 4) is 11.8 Å². The van der Waals surface area contributed by atoms with E-state index in [4.69, 9.17) is 10.00 Å². The summed E-state index contributed by atoms with van der Waals surface area (Å²) >= 11 is 3.37. The van der Waals surface area contributed by atoms with Crippen LogP contribution in [-0.2, 0) is 9.59 Å². The minimum Gasteiger partial charge on any atom is -0.482 e. The van der Waals surface area contributed by atoms with E-state index in [1.807, 2.05) is 30.3 Å². The molecular formula is C18H14BrN3O3. The molecule has 0 fully saturated rings. The van der Waals surface area contributed by atoms with E-state index in [1.54, 1.807) is 30.3 Å². The molecule has 0 saturated heterocycles. The van der Waals surface area contributed by atoms with Crippen LogP contribution < -0.4 is 15.6 Å². The number of nitriles is 1. The van der Waals surface area contributed by atoms with Gasteiger partial charge in [-0.2, -0.15) is 5.26 Å². The van der Waals surface area contributed by atoms with Crippen LogP contribution >= 0.6 is 15.9 Å². The maximum Gasteiger partial charge on any atom is 0.276 e. The summed E-state index contributed by atoms with van der Waals surface area (Å²) in [5.41, 5.74) is 5.65. The van der Waals surface area contributed by atoms with Gasteiger partial charge in [0.2, 0.25) is 0 Å². The predicted molar refractivity (Wildman–Crippen MR) is 96.1 cm³/mol. The molecule has 0 saturated carbocycles. The number of rotatable bonds is 5. The molecule has 2 amide bonds. The van der Waals surface area contributed by atoms with Crippen LogP contribution in [0.3, 0.4) is 0 Å². The van der Waals surface area contributed by atoms with Gasteiger partial charge in [0, 0.05) is 10.5 Å². The van der Waals surface area contributed by atoms with Crippen molar-refractivity contribution in [2.45, 2.75) is 0 Å². The number of carbonyl (C=O) groups excluding carboxylic acids is 2. The summed E-state index contributed by atoms with van der Waals surface area (Å²) in [6, 6.07) is 15.9. The van der Waals surface area contributed by atoms with E-state index in [1.165, 1.54) is 6.08 Å². The average molecular weight is 400 g/mol. The molecule has 2 rings (SSSR count). The molecule has 2 aromatic carbocycles. The Morgan fingerprint density at radius 1 is 1.12 bits per heavy atom. The van der Waals surface area contributed by atoms with E-state index in [-0.39, 0.29) is 6.61 Å². The maximum atomic E-state index is 11.7. The van der Waals surface area contributed by atoms with Crippen LogP contribution in [0.1, 0.15) is 11.1 Å². The van der Waals surface area contributed by atoms with Crippen molar-refractivity contribution in [3.05, 3.63) is 70.2 Å². The molecule has 0 aromatic heterocycles. The molecule has 0 heterocycles. The second-order valence-electron chi connectivity index (χ2n) is 4.79. The Morgan fingerprint density at radius 3 is 2.60 bits per heavy atom.